The number of likely N-dealkylation sites (tertiary alicyclic amines) is 1. The maximum absolute atomic E-state index is 12.5. The molecule has 1 heterocycles. The molecule has 0 spiro atoms. The summed E-state index contributed by atoms with van der Waals surface area (Å²) < 4.78 is 0. The van der Waals surface area contributed by atoms with Crippen LogP contribution in [0.25, 0.3) is 0 Å². The Hall–Kier alpha value is -0.620. The highest BCUT2D eigenvalue weighted by atomic mass is 35.5. The number of rotatable bonds is 8. The van der Waals surface area contributed by atoms with Crippen LogP contribution in [0.4, 0.5) is 0 Å². The van der Waals surface area contributed by atoms with E-state index < -0.39 is 0 Å². The minimum Gasteiger partial charge on any atom is -0.355 e. The van der Waals surface area contributed by atoms with E-state index in [1.807, 2.05) is 30.3 Å². The number of carbonyl (C=O) groups excluding carboxylic acids is 1. The van der Waals surface area contributed by atoms with Gasteiger partial charge in [-0.3, -0.25) is 9.69 Å². The molecule has 162 valence electrons. The fraction of sp³-hybridized carbons (Fsp3) is 0.409. The van der Waals surface area contributed by atoms with Crippen LogP contribution in [0.2, 0.25) is 20.1 Å². The summed E-state index contributed by atoms with van der Waals surface area (Å²) in [6.45, 7) is 3.10. The van der Waals surface area contributed by atoms with Gasteiger partial charge in [0.05, 0.1) is 0 Å². The average Bonchev–Trinajstić information content (AvgIpc) is 2.72. The Bertz CT molecular complexity index is 852. The third kappa shape index (κ3) is 6.94. The number of nitrogens with zero attached hydrogens (tertiary/aromatic N) is 1. The van der Waals surface area contributed by atoms with Crippen LogP contribution in [0.3, 0.4) is 0 Å². The highest BCUT2D eigenvalue weighted by Crippen LogP contribution is 2.28. The van der Waals surface area contributed by atoms with Crippen molar-refractivity contribution in [2.45, 2.75) is 25.1 Å². The number of hydrogen-bond acceptors (Lipinski definition) is 3. The molecule has 1 aliphatic heterocycles. The lowest BCUT2D eigenvalue weighted by Gasteiger charge is -2.31. The minimum atomic E-state index is 0.0682. The first-order valence-electron chi connectivity index (χ1n) is 9.88. The van der Waals surface area contributed by atoms with Gasteiger partial charge < -0.3 is 5.32 Å². The number of benzene rings is 2. The highest BCUT2D eigenvalue weighted by molar-refractivity contribution is 7.98. The van der Waals surface area contributed by atoms with Crippen molar-refractivity contribution in [3.8, 4) is 0 Å². The van der Waals surface area contributed by atoms with E-state index in [2.05, 4.69) is 10.2 Å². The number of nitrogens with one attached hydrogen (secondary N) is 1. The Balaban J connectivity index is 1.34. The Morgan fingerprint density at radius 3 is 2.40 bits per heavy atom. The first-order chi connectivity index (χ1) is 14.4. The van der Waals surface area contributed by atoms with Gasteiger partial charge in [0.1, 0.15) is 0 Å². The number of hydrogen-bond donors (Lipinski definition) is 1. The van der Waals surface area contributed by atoms with Crippen molar-refractivity contribution in [1.82, 2.24) is 10.2 Å². The van der Waals surface area contributed by atoms with Crippen LogP contribution in [-0.2, 0) is 17.1 Å². The van der Waals surface area contributed by atoms with Gasteiger partial charge in [0.2, 0.25) is 5.91 Å². The first-order valence-corrected chi connectivity index (χ1v) is 12.6. The van der Waals surface area contributed by atoms with Crippen LogP contribution < -0.4 is 5.32 Å². The molecule has 1 N–H and O–H groups in total. The maximum atomic E-state index is 12.5. The first kappa shape index (κ1) is 24.0. The standard InChI is InChI=1S/C22H24Cl4N2OS/c23-17-5-4-16(21(26)12-17)14-30-11-8-27-22(29)15-6-9-28(10-7-15)13-18-19(24)2-1-3-20(18)25/h1-5,12,15H,6-11,13-14H2,(H,27,29). The van der Waals surface area contributed by atoms with Crippen molar-refractivity contribution >= 4 is 64.1 Å². The Kier molecular flexibility index (Phi) is 9.49. The number of amides is 1. The Morgan fingerprint density at radius 1 is 1.03 bits per heavy atom. The maximum Gasteiger partial charge on any atom is 0.223 e. The molecule has 0 aromatic heterocycles. The molecular weight excluding hydrogens is 482 g/mol. The van der Waals surface area contributed by atoms with E-state index in [0.29, 0.717) is 26.6 Å². The molecule has 1 amide bonds. The summed E-state index contributed by atoms with van der Waals surface area (Å²) in [5.74, 6) is 1.86. The van der Waals surface area contributed by atoms with Crippen molar-refractivity contribution in [1.29, 1.82) is 0 Å². The van der Waals surface area contributed by atoms with E-state index in [1.54, 1.807) is 17.8 Å². The van der Waals surface area contributed by atoms with Crippen molar-refractivity contribution in [3.63, 3.8) is 0 Å². The van der Waals surface area contributed by atoms with Crippen molar-refractivity contribution in [3.05, 3.63) is 67.6 Å². The van der Waals surface area contributed by atoms with E-state index in [1.165, 1.54) is 0 Å². The molecule has 3 nitrogen and oxygen atoms in total. The van der Waals surface area contributed by atoms with E-state index in [-0.39, 0.29) is 11.8 Å². The van der Waals surface area contributed by atoms with Gasteiger partial charge in [-0.05, 0) is 55.8 Å². The summed E-state index contributed by atoms with van der Waals surface area (Å²) in [5.41, 5.74) is 2.02. The third-order valence-electron chi connectivity index (χ3n) is 5.22. The smallest absolute Gasteiger partial charge is 0.223 e. The van der Waals surface area contributed by atoms with Crippen molar-refractivity contribution in [2.75, 3.05) is 25.4 Å². The zero-order chi connectivity index (χ0) is 21.5. The molecule has 3 rings (SSSR count). The fourth-order valence-corrected chi connectivity index (χ4v) is 5.41. The van der Waals surface area contributed by atoms with Gasteiger partial charge >= 0.3 is 0 Å². The number of carbonyl (C=O) groups is 1. The van der Waals surface area contributed by atoms with Crippen LogP contribution in [0.5, 0.6) is 0 Å². The molecule has 1 aliphatic rings. The molecular formula is C22H24Cl4N2OS. The highest BCUT2D eigenvalue weighted by Gasteiger charge is 2.25. The Labute approximate surface area is 202 Å². The molecule has 0 atom stereocenters. The SMILES string of the molecule is O=C(NCCSCc1ccc(Cl)cc1Cl)C1CCN(Cc2c(Cl)cccc2Cl)CC1. The summed E-state index contributed by atoms with van der Waals surface area (Å²) in [6, 6.07) is 11.1. The molecule has 0 bridgehead atoms. The van der Waals surface area contributed by atoms with E-state index in [9.17, 15) is 4.79 Å². The van der Waals surface area contributed by atoms with Gasteiger partial charge in [0.25, 0.3) is 0 Å². The minimum absolute atomic E-state index is 0.0682. The summed E-state index contributed by atoms with van der Waals surface area (Å²) in [7, 11) is 0. The van der Waals surface area contributed by atoms with Crippen LogP contribution in [0.1, 0.15) is 24.0 Å². The van der Waals surface area contributed by atoms with Gasteiger partial charge in [0, 0.05) is 56.2 Å². The predicted molar refractivity (Wildman–Crippen MR) is 130 cm³/mol. The van der Waals surface area contributed by atoms with Crippen molar-refractivity contribution in [2.24, 2.45) is 5.92 Å². The van der Waals surface area contributed by atoms with Gasteiger partial charge in [-0.2, -0.15) is 11.8 Å². The molecule has 0 unspecified atom stereocenters. The predicted octanol–water partition coefficient (Wildman–Crippen LogP) is 6.56. The van der Waals surface area contributed by atoms with Gasteiger partial charge in [0.15, 0.2) is 0 Å². The summed E-state index contributed by atoms with van der Waals surface area (Å²) >= 11 is 26.4. The number of halogens is 4. The van der Waals surface area contributed by atoms with Crippen molar-refractivity contribution < 1.29 is 4.79 Å². The number of thioether (sulfide) groups is 1. The lowest BCUT2D eigenvalue weighted by Crippen LogP contribution is -2.40. The average molecular weight is 506 g/mol. The Morgan fingerprint density at radius 2 is 1.73 bits per heavy atom. The lowest BCUT2D eigenvalue weighted by molar-refractivity contribution is -0.126. The molecule has 8 heteroatoms. The molecule has 30 heavy (non-hydrogen) atoms. The number of piperidine rings is 1. The third-order valence-corrected chi connectivity index (χ3v) is 7.52. The van der Waals surface area contributed by atoms with Gasteiger partial charge in [-0.25, -0.2) is 0 Å². The molecule has 0 radical (unpaired) electrons. The molecule has 0 aliphatic carbocycles. The quantitative estimate of drug-likeness (QED) is 0.412. The largest absolute Gasteiger partial charge is 0.355 e. The second-order valence-electron chi connectivity index (χ2n) is 7.33. The second-order valence-corrected chi connectivity index (χ2v) is 10.1. The molecule has 1 saturated heterocycles. The zero-order valence-electron chi connectivity index (χ0n) is 16.5. The normalized spacial score (nSPS) is 15.3. The van der Waals surface area contributed by atoms with E-state index >= 15 is 0 Å². The zero-order valence-corrected chi connectivity index (χ0v) is 20.3. The van der Waals surface area contributed by atoms with Crippen LogP contribution in [-0.4, -0.2) is 36.2 Å². The van der Waals surface area contributed by atoms with Crippen LogP contribution in [0, 0.1) is 5.92 Å². The van der Waals surface area contributed by atoms with Crippen LogP contribution >= 0.6 is 58.2 Å². The monoisotopic (exact) mass is 504 g/mol. The molecule has 1 fully saturated rings. The van der Waals surface area contributed by atoms with Gasteiger partial charge in [-0.15, -0.1) is 0 Å². The lowest BCUT2D eigenvalue weighted by atomic mass is 9.95. The van der Waals surface area contributed by atoms with Gasteiger partial charge in [-0.1, -0.05) is 58.5 Å². The topological polar surface area (TPSA) is 32.3 Å². The van der Waals surface area contributed by atoms with Crippen LogP contribution in [0.15, 0.2) is 36.4 Å². The van der Waals surface area contributed by atoms with E-state index in [4.69, 9.17) is 46.4 Å². The summed E-state index contributed by atoms with van der Waals surface area (Å²) in [4.78, 5) is 14.8. The molecule has 2 aromatic rings. The second kappa shape index (κ2) is 11.8. The molecule has 0 saturated carbocycles. The van der Waals surface area contributed by atoms with E-state index in [0.717, 1.165) is 55.1 Å². The molecule has 2 aromatic carbocycles. The summed E-state index contributed by atoms with van der Waals surface area (Å²) in [5, 5.41) is 5.78. The fourth-order valence-electron chi connectivity index (χ4n) is 3.47. The summed E-state index contributed by atoms with van der Waals surface area (Å²) in [6.07, 6.45) is 1.70.